The van der Waals surface area contributed by atoms with Crippen molar-refractivity contribution in [1.82, 2.24) is 0 Å². The zero-order valence-corrected chi connectivity index (χ0v) is 50.4. The molecular formula is C36H88O13Si10. The maximum absolute atomic E-state index is 7.97. The van der Waals surface area contributed by atoms with Crippen LogP contribution in [0, 0.1) is 0 Å². The van der Waals surface area contributed by atoms with Crippen LogP contribution in [0.25, 0.3) is 0 Å². The third kappa shape index (κ3) is 16.2. The number of rotatable bonds is 28. The second-order valence-electron chi connectivity index (χ2n) is 18.5. The minimum absolute atomic E-state index is 0.529. The van der Waals surface area contributed by atoms with Crippen LogP contribution in [-0.4, -0.2) is 94.7 Å². The van der Waals surface area contributed by atoms with Crippen LogP contribution in [-0.2, 0) is 53.8 Å². The number of fused-ring (bicyclic) bond motifs is 3. The molecule has 0 aromatic rings. The Hall–Kier alpha value is 1.65. The van der Waals surface area contributed by atoms with Crippen molar-refractivity contribution in [2.24, 2.45) is 0 Å². The van der Waals surface area contributed by atoms with Gasteiger partial charge < -0.3 is 53.8 Å². The molecule has 3 saturated heterocycles. The Morgan fingerprint density at radius 1 is 0.407 bits per heavy atom. The van der Waals surface area contributed by atoms with Gasteiger partial charge in [-0.15, -0.1) is 0 Å². The molecule has 7 atom stereocenters. The average molecular weight is 1010 g/mol. The first-order chi connectivity index (χ1) is 27.7. The lowest BCUT2D eigenvalue weighted by Crippen LogP contribution is -2.83. The van der Waals surface area contributed by atoms with Crippen molar-refractivity contribution in [2.75, 3.05) is 7.11 Å². The number of hydrogen-bond acceptors (Lipinski definition) is 13. The van der Waals surface area contributed by atoms with E-state index in [0.717, 1.165) is 89.9 Å². The lowest BCUT2D eigenvalue weighted by atomic mass is 10.4. The summed E-state index contributed by atoms with van der Waals surface area (Å²) < 4.78 is 99.4. The van der Waals surface area contributed by atoms with Crippen molar-refractivity contribution >= 4 is 87.5 Å². The average Bonchev–Trinajstić information content (AvgIpc) is 3.12. The zero-order chi connectivity index (χ0) is 44.1. The molecule has 0 aromatic carbocycles. The molecule has 3 heterocycles. The van der Waals surface area contributed by atoms with E-state index in [1.807, 2.05) is 0 Å². The maximum atomic E-state index is 7.97. The molecule has 3 rings (SSSR count). The Labute approximate surface area is 372 Å². The molecule has 23 heteroatoms. The first-order valence-corrected chi connectivity index (χ1v) is 46.2. The Morgan fingerprint density at radius 2 is 0.695 bits per heavy atom. The smallest absolute Gasteiger partial charge is 0.437 e. The highest BCUT2D eigenvalue weighted by Gasteiger charge is 2.77. The molecule has 3 aliphatic rings. The second kappa shape index (κ2) is 23.9. The van der Waals surface area contributed by atoms with Crippen LogP contribution in [0.4, 0.5) is 0 Å². The van der Waals surface area contributed by atoms with Gasteiger partial charge in [0.25, 0.3) is 0 Å². The minimum Gasteiger partial charge on any atom is -0.437 e. The molecule has 59 heavy (non-hydrogen) atoms. The van der Waals surface area contributed by atoms with Crippen molar-refractivity contribution in [3.8, 4) is 0 Å². The van der Waals surface area contributed by atoms with Crippen LogP contribution in [0.5, 0.6) is 0 Å². The van der Waals surface area contributed by atoms with Gasteiger partial charge >= 0.3 is 70.2 Å². The van der Waals surface area contributed by atoms with Crippen LogP contribution in [0.15, 0.2) is 0 Å². The summed E-state index contributed by atoms with van der Waals surface area (Å²) in [5.41, 5.74) is 0. The van der Waals surface area contributed by atoms with E-state index in [9.17, 15) is 0 Å². The fourth-order valence-corrected chi connectivity index (χ4v) is 62.4. The molecule has 4 bridgehead atoms. The van der Waals surface area contributed by atoms with E-state index in [-0.39, 0.29) is 0 Å². The maximum Gasteiger partial charge on any atom is 0.485 e. The SMILES string of the molecule is CCCC[Si]1(O[SiH](C)C)O[Si]2(CCCC)O[Si](CCCC)(O[Si](C)(C)O[Si](C)(C)C)O[Si@@]3(CCCC)O[Si](CCCC)(O2)O[Si](CCCC)(O1)O[Si@@](CCCC)(OC)O3. The van der Waals surface area contributed by atoms with Crippen LogP contribution in [0.3, 0.4) is 0 Å². The highest BCUT2D eigenvalue weighted by atomic mass is 28.6. The molecular weight excluding hydrogens is 921 g/mol. The fraction of sp³-hybridized carbons (Fsp3) is 1.00. The van der Waals surface area contributed by atoms with E-state index in [4.69, 9.17) is 53.8 Å². The highest BCUT2D eigenvalue weighted by Crippen LogP contribution is 2.50. The standard InChI is InChI=1S/C36H88O13Si10/c1-16-23-30-53(37-8)41-56(33-26-19-4)43-54(31-24-17-2,38-50(9)10)44-58(35-28-21-6)46-55(32-25-18-3,40-52(14,15)39-51(11,12)13)45-57(42-53,34-27-20-5)48-59(47-56,49-58)36-29-22-7/h50H,16-36H2,1-15H3/t53-,54?,55?,56?,57+,58?,59?/m1/s1. The largest absolute Gasteiger partial charge is 0.485 e. The van der Waals surface area contributed by atoms with Crippen LogP contribution >= 0.6 is 0 Å². The van der Waals surface area contributed by atoms with E-state index >= 15 is 0 Å². The summed E-state index contributed by atoms with van der Waals surface area (Å²) in [5.74, 6) is 0. The summed E-state index contributed by atoms with van der Waals surface area (Å²) in [4.78, 5) is 0. The molecule has 350 valence electrons. The molecule has 0 spiro atoms. The van der Waals surface area contributed by atoms with Gasteiger partial charge in [-0.2, -0.15) is 0 Å². The summed E-state index contributed by atoms with van der Waals surface area (Å²) >= 11 is 0. The van der Waals surface area contributed by atoms with E-state index in [2.05, 4.69) is 94.3 Å². The van der Waals surface area contributed by atoms with Crippen molar-refractivity contribution in [2.45, 2.75) is 226 Å². The molecule has 0 amide bonds. The van der Waals surface area contributed by atoms with Gasteiger partial charge in [-0.05, 0) is 90.8 Å². The summed E-state index contributed by atoms with van der Waals surface area (Å²) in [6.07, 6.45) is 12.2. The van der Waals surface area contributed by atoms with Gasteiger partial charge in [0.2, 0.25) is 0 Å². The molecule has 0 aliphatic carbocycles. The predicted molar refractivity (Wildman–Crippen MR) is 258 cm³/mol. The normalized spacial score (nSPS) is 34.4. The van der Waals surface area contributed by atoms with Crippen molar-refractivity contribution < 1.29 is 53.8 Å². The summed E-state index contributed by atoms with van der Waals surface area (Å²) in [5, 5.41) is 0. The topological polar surface area (TPSA) is 120 Å². The fourth-order valence-electron chi connectivity index (χ4n) is 7.99. The third-order valence-electron chi connectivity index (χ3n) is 10.3. The third-order valence-corrected chi connectivity index (χ3v) is 51.1. The molecule has 0 N–H and O–H groups in total. The van der Waals surface area contributed by atoms with E-state index in [1.54, 1.807) is 7.11 Å². The Bertz CT molecular complexity index is 1250. The van der Waals surface area contributed by atoms with Gasteiger partial charge in [0.05, 0.1) is 0 Å². The summed E-state index contributed by atoms with van der Waals surface area (Å²) in [7, 11) is -32.0. The van der Waals surface area contributed by atoms with Crippen LogP contribution in [0.2, 0.25) is 88.1 Å². The van der Waals surface area contributed by atoms with E-state index < -0.39 is 87.5 Å². The molecule has 5 unspecified atom stereocenters. The second-order valence-corrected chi connectivity index (χ2v) is 51.0. The first kappa shape index (κ1) is 55.0. The quantitative estimate of drug-likeness (QED) is 0.0692. The van der Waals surface area contributed by atoms with E-state index in [1.165, 1.54) is 0 Å². The lowest BCUT2D eigenvalue weighted by Gasteiger charge is -2.59. The van der Waals surface area contributed by atoms with Crippen LogP contribution < -0.4 is 0 Å². The van der Waals surface area contributed by atoms with E-state index in [0.29, 0.717) is 42.3 Å². The Balaban J connectivity index is 2.65. The highest BCUT2D eigenvalue weighted by molar-refractivity contribution is 7.00. The van der Waals surface area contributed by atoms with Gasteiger partial charge in [-0.25, -0.2) is 0 Å². The molecule has 0 saturated carbocycles. The number of hydrogen-bond donors (Lipinski definition) is 0. The molecule has 0 aromatic heterocycles. The van der Waals surface area contributed by atoms with Gasteiger partial charge in [-0.3, -0.25) is 0 Å². The molecule has 13 nitrogen and oxygen atoms in total. The summed E-state index contributed by atoms with van der Waals surface area (Å²) in [6, 6.07) is 3.86. The monoisotopic (exact) mass is 1010 g/mol. The predicted octanol–water partition coefficient (Wildman–Crippen LogP) is 11.6. The minimum atomic E-state index is -3.93. The van der Waals surface area contributed by atoms with Crippen LogP contribution in [0.1, 0.15) is 138 Å². The van der Waals surface area contributed by atoms with Crippen molar-refractivity contribution in [1.29, 1.82) is 0 Å². The Kier molecular flexibility index (Phi) is 22.3. The summed E-state index contributed by atoms with van der Waals surface area (Å²) in [6.45, 7) is 30.6. The van der Waals surface area contributed by atoms with Gasteiger partial charge in [-0.1, -0.05) is 93.4 Å². The first-order valence-electron chi connectivity index (χ1n) is 23.6. The van der Waals surface area contributed by atoms with Gasteiger partial charge in [0, 0.05) is 49.4 Å². The lowest BCUT2D eigenvalue weighted by molar-refractivity contribution is 0.00508. The molecule has 0 radical (unpaired) electrons. The van der Waals surface area contributed by atoms with Gasteiger partial charge in [0.1, 0.15) is 0 Å². The Morgan fingerprint density at radius 3 is 1.02 bits per heavy atom. The van der Waals surface area contributed by atoms with Crippen molar-refractivity contribution in [3.63, 3.8) is 0 Å². The van der Waals surface area contributed by atoms with Gasteiger partial charge in [0.15, 0.2) is 17.4 Å². The molecule has 3 fully saturated rings. The van der Waals surface area contributed by atoms with Crippen molar-refractivity contribution in [3.05, 3.63) is 0 Å². The zero-order valence-electron chi connectivity index (χ0n) is 40.2. The number of unbranched alkanes of at least 4 members (excludes halogenated alkanes) is 7. The molecule has 3 aliphatic heterocycles.